The van der Waals surface area contributed by atoms with E-state index in [-0.39, 0.29) is 0 Å². The Bertz CT molecular complexity index is 216. The van der Waals surface area contributed by atoms with Crippen molar-refractivity contribution in [3.8, 4) is 0 Å². The molecule has 15 heavy (non-hydrogen) atoms. The van der Waals surface area contributed by atoms with E-state index in [0.29, 0.717) is 18.3 Å². The molecule has 2 saturated heterocycles. The van der Waals surface area contributed by atoms with E-state index in [9.17, 15) is 0 Å². The molecule has 0 radical (unpaired) electrons. The van der Waals surface area contributed by atoms with Gasteiger partial charge >= 0.3 is 0 Å². The smallest absolute Gasteiger partial charge is 0.0844 e. The molecule has 0 aromatic carbocycles. The molecule has 3 nitrogen and oxygen atoms in total. The first-order valence-corrected chi connectivity index (χ1v) is 6.39. The SMILES string of the molecule is C1COC(CCC2CCC3OC3C2)CN1. The normalized spacial score (nSPS) is 44.8. The lowest BCUT2D eigenvalue weighted by molar-refractivity contribution is 0.0190. The van der Waals surface area contributed by atoms with Gasteiger partial charge in [0.2, 0.25) is 0 Å². The van der Waals surface area contributed by atoms with Crippen LogP contribution >= 0.6 is 0 Å². The molecule has 2 heterocycles. The summed E-state index contributed by atoms with van der Waals surface area (Å²) >= 11 is 0. The summed E-state index contributed by atoms with van der Waals surface area (Å²) in [6.07, 6.45) is 8.30. The minimum Gasteiger partial charge on any atom is -0.376 e. The minimum absolute atomic E-state index is 0.469. The third kappa shape index (κ3) is 2.52. The highest BCUT2D eigenvalue weighted by Crippen LogP contribution is 2.41. The van der Waals surface area contributed by atoms with Crippen molar-refractivity contribution >= 4 is 0 Å². The van der Waals surface area contributed by atoms with Gasteiger partial charge in [0.25, 0.3) is 0 Å². The summed E-state index contributed by atoms with van der Waals surface area (Å²) in [5.74, 6) is 0.902. The number of epoxide rings is 1. The van der Waals surface area contributed by atoms with Crippen LogP contribution < -0.4 is 5.32 Å². The van der Waals surface area contributed by atoms with Crippen molar-refractivity contribution in [2.75, 3.05) is 19.7 Å². The minimum atomic E-state index is 0.469. The Labute approximate surface area is 91.5 Å². The van der Waals surface area contributed by atoms with E-state index in [1.807, 2.05) is 0 Å². The number of rotatable bonds is 3. The van der Waals surface area contributed by atoms with Crippen LogP contribution in [0.4, 0.5) is 0 Å². The van der Waals surface area contributed by atoms with Gasteiger partial charge in [0, 0.05) is 13.1 Å². The summed E-state index contributed by atoms with van der Waals surface area (Å²) < 4.78 is 11.3. The largest absolute Gasteiger partial charge is 0.376 e. The molecule has 1 N–H and O–H groups in total. The highest BCUT2D eigenvalue weighted by Gasteiger charge is 2.43. The third-order valence-corrected chi connectivity index (χ3v) is 4.01. The van der Waals surface area contributed by atoms with Crippen LogP contribution in [0.5, 0.6) is 0 Å². The molecule has 2 aliphatic heterocycles. The van der Waals surface area contributed by atoms with Crippen molar-refractivity contribution in [2.45, 2.75) is 50.4 Å². The molecular formula is C12H21NO2. The van der Waals surface area contributed by atoms with Crippen molar-refractivity contribution in [2.24, 2.45) is 5.92 Å². The van der Waals surface area contributed by atoms with Crippen LogP contribution in [0.25, 0.3) is 0 Å². The Hall–Kier alpha value is -0.120. The second-order valence-electron chi connectivity index (χ2n) is 5.17. The predicted molar refractivity (Wildman–Crippen MR) is 57.8 cm³/mol. The Morgan fingerprint density at radius 1 is 1.13 bits per heavy atom. The van der Waals surface area contributed by atoms with Gasteiger partial charge in [0.15, 0.2) is 0 Å². The summed E-state index contributed by atoms with van der Waals surface area (Å²) in [6.45, 7) is 2.97. The van der Waals surface area contributed by atoms with E-state index in [4.69, 9.17) is 9.47 Å². The molecule has 0 amide bonds. The Morgan fingerprint density at radius 2 is 2.13 bits per heavy atom. The van der Waals surface area contributed by atoms with Crippen molar-refractivity contribution in [1.29, 1.82) is 0 Å². The zero-order valence-corrected chi connectivity index (χ0v) is 9.28. The highest BCUT2D eigenvalue weighted by atomic mass is 16.6. The summed E-state index contributed by atoms with van der Waals surface area (Å²) in [7, 11) is 0. The zero-order chi connectivity index (χ0) is 10.1. The summed E-state index contributed by atoms with van der Waals surface area (Å²) in [5.41, 5.74) is 0. The standard InChI is InChI=1S/C12H21NO2/c1(3-10-8-13-5-6-14-10)9-2-4-11-12(7-9)15-11/h9-13H,1-8H2. The van der Waals surface area contributed by atoms with E-state index >= 15 is 0 Å². The highest BCUT2D eigenvalue weighted by molar-refractivity contribution is 4.92. The van der Waals surface area contributed by atoms with E-state index < -0.39 is 0 Å². The van der Waals surface area contributed by atoms with Crippen molar-refractivity contribution in [3.05, 3.63) is 0 Å². The van der Waals surface area contributed by atoms with Gasteiger partial charge in [-0.05, 0) is 38.0 Å². The molecule has 3 heteroatoms. The molecule has 3 aliphatic rings. The van der Waals surface area contributed by atoms with Gasteiger partial charge in [0.1, 0.15) is 0 Å². The molecule has 1 saturated carbocycles. The first-order valence-electron chi connectivity index (χ1n) is 6.39. The number of hydrogen-bond donors (Lipinski definition) is 1. The summed E-state index contributed by atoms with van der Waals surface area (Å²) in [4.78, 5) is 0. The number of fused-ring (bicyclic) bond motifs is 1. The van der Waals surface area contributed by atoms with Crippen molar-refractivity contribution in [3.63, 3.8) is 0 Å². The van der Waals surface area contributed by atoms with E-state index in [1.165, 1.54) is 32.1 Å². The van der Waals surface area contributed by atoms with E-state index in [0.717, 1.165) is 25.6 Å². The fraction of sp³-hybridized carbons (Fsp3) is 1.00. The van der Waals surface area contributed by atoms with E-state index in [1.54, 1.807) is 0 Å². The molecule has 0 spiro atoms. The number of hydrogen-bond acceptors (Lipinski definition) is 3. The lowest BCUT2D eigenvalue weighted by Crippen LogP contribution is -2.38. The summed E-state index contributed by atoms with van der Waals surface area (Å²) in [6, 6.07) is 0. The third-order valence-electron chi connectivity index (χ3n) is 4.01. The zero-order valence-electron chi connectivity index (χ0n) is 9.28. The van der Waals surface area contributed by atoms with Crippen molar-refractivity contribution in [1.82, 2.24) is 5.32 Å². The molecule has 1 aliphatic carbocycles. The molecule has 0 bridgehead atoms. The Kier molecular flexibility index (Phi) is 2.95. The molecule has 3 rings (SSSR count). The average molecular weight is 211 g/mol. The van der Waals surface area contributed by atoms with Gasteiger partial charge in [-0.2, -0.15) is 0 Å². The fourth-order valence-corrected chi connectivity index (χ4v) is 2.98. The first kappa shape index (κ1) is 10.1. The monoisotopic (exact) mass is 211 g/mol. The van der Waals surface area contributed by atoms with Gasteiger partial charge < -0.3 is 14.8 Å². The number of ether oxygens (including phenoxy) is 2. The molecule has 3 fully saturated rings. The van der Waals surface area contributed by atoms with Crippen LogP contribution in [-0.4, -0.2) is 38.0 Å². The Morgan fingerprint density at radius 3 is 2.93 bits per heavy atom. The van der Waals surface area contributed by atoms with Gasteiger partial charge in [-0.3, -0.25) is 0 Å². The second-order valence-corrected chi connectivity index (χ2v) is 5.17. The topological polar surface area (TPSA) is 33.8 Å². The number of nitrogens with one attached hydrogen (secondary N) is 1. The van der Waals surface area contributed by atoms with Gasteiger partial charge in [-0.1, -0.05) is 0 Å². The predicted octanol–water partition coefficient (Wildman–Crippen LogP) is 1.32. The van der Waals surface area contributed by atoms with Gasteiger partial charge in [0.05, 0.1) is 24.9 Å². The maximum absolute atomic E-state index is 5.71. The first-order chi connectivity index (χ1) is 7.42. The molecule has 0 aromatic rings. The maximum atomic E-state index is 5.71. The van der Waals surface area contributed by atoms with E-state index in [2.05, 4.69) is 5.32 Å². The molecule has 4 unspecified atom stereocenters. The second kappa shape index (κ2) is 4.40. The molecule has 0 aromatic heterocycles. The average Bonchev–Trinajstić information content (AvgIpc) is 3.06. The van der Waals surface area contributed by atoms with Crippen molar-refractivity contribution < 1.29 is 9.47 Å². The van der Waals surface area contributed by atoms with Crippen LogP contribution in [-0.2, 0) is 9.47 Å². The fourth-order valence-electron chi connectivity index (χ4n) is 2.98. The molecular weight excluding hydrogens is 190 g/mol. The lowest BCUT2D eigenvalue weighted by Gasteiger charge is -2.26. The molecule has 86 valence electrons. The van der Waals surface area contributed by atoms with Crippen LogP contribution in [0.3, 0.4) is 0 Å². The van der Waals surface area contributed by atoms with Gasteiger partial charge in [-0.25, -0.2) is 0 Å². The lowest BCUT2D eigenvalue weighted by atomic mass is 9.85. The maximum Gasteiger partial charge on any atom is 0.0844 e. The molecule has 4 atom stereocenters. The van der Waals surface area contributed by atoms with Crippen LogP contribution in [0, 0.1) is 5.92 Å². The summed E-state index contributed by atoms with van der Waals surface area (Å²) in [5, 5.41) is 3.39. The number of morpholine rings is 1. The van der Waals surface area contributed by atoms with Crippen LogP contribution in [0.15, 0.2) is 0 Å². The Balaban J connectivity index is 1.37. The van der Waals surface area contributed by atoms with Crippen LogP contribution in [0.2, 0.25) is 0 Å². The van der Waals surface area contributed by atoms with Gasteiger partial charge in [-0.15, -0.1) is 0 Å². The quantitative estimate of drug-likeness (QED) is 0.715. The van der Waals surface area contributed by atoms with Crippen LogP contribution in [0.1, 0.15) is 32.1 Å².